The zero-order valence-electron chi connectivity index (χ0n) is 16.6. The highest BCUT2D eigenvalue weighted by Crippen LogP contribution is 2.33. The number of halogens is 1. The highest BCUT2D eigenvalue weighted by Gasteiger charge is 2.19. The number of rotatable bonds is 8. The number of allylic oxidation sites excluding steroid dienone is 1. The van der Waals surface area contributed by atoms with Gasteiger partial charge in [0.05, 0.1) is 10.7 Å². The topological polar surface area (TPSA) is 70.9 Å². The van der Waals surface area contributed by atoms with Crippen molar-refractivity contribution >= 4 is 38.8 Å². The van der Waals surface area contributed by atoms with E-state index in [4.69, 9.17) is 4.74 Å². The Morgan fingerprint density at radius 2 is 2.03 bits per heavy atom. The van der Waals surface area contributed by atoms with E-state index < -0.39 is 6.10 Å². The van der Waals surface area contributed by atoms with Crippen LogP contribution in [0.4, 0.5) is 0 Å². The molecule has 30 heavy (non-hydrogen) atoms. The molecule has 5 nitrogen and oxygen atoms in total. The quantitative estimate of drug-likeness (QED) is 0.267. The van der Waals surface area contributed by atoms with Crippen molar-refractivity contribution < 1.29 is 14.6 Å². The standard InChI is InChI=1S/C24H23BrN2O3/c1-3-8-17-10-7-11-18(23(17)28)15-26-27-24(29)20(4-2)30-21-14-13-16-9-5-6-12-19(16)22(21)25/h3,5-7,9-15,20,28H,1,4,8H2,2H3,(H,27,29)/b26-15+/t20-/m0/s1. The Labute approximate surface area is 184 Å². The van der Waals surface area contributed by atoms with Gasteiger partial charge in [-0.15, -0.1) is 6.58 Å². The van der Waals surface area contributed by atoms with E-state index in [1.807, 2.05) is 55.5 Å². The summed E-state index contributed by atoms with van der Waals surface area (Å²) in [6.07, 6.45) is 3.44. The second kappa shape index (κ2) is 10.1. The Morgan fingerprint density at radius 1 is 1.23 bits per heavy atom. The summed E-state index contributed by atoms with van der Waals surface area (Å²) in [5, 5.41) is 16.3. The predicted octanol–water partition coefficient (Wildman–Crippen LogP) is 5.34. The van der Waals surface area contributed by atoms with Crippen molar-refractivity contribution in [2.24, 2.45) is 5.10 Å². The molecule has 6 heteroatoms. The van der Waals surface area contributed by atoms with E-state index in [0.717, 1.165) is 20.8 Å². The van der Waals surface area contributed by atoms with Crippen LogP contribution in [0, 0.1) is 0 Å². The maximum atomic E-state index is 12.6. The average Bonchev–Trinajstić information content (AvgIpc) is 2.76. The van der Waals surface area contributed by atoms with Gasteiger partial charge < -0.3 is 9.84 Å². The number of ether oxygens (including phenoxy) is 1. The highest BCUT2D eigenvalue weighted by molar-refractivity contribution is 9.10. The number of carbonyl (C=O) groups excluding carboxylic acids is 1. The van der Waals surface area contributed by atoms with Crippen molar-refractivity contribution in [3.05, 3.63) is 82.9 Å². The molecule has 0 spiro atoms. The average molecular weight is 467 g/mol. The molecule has 0 aliphatic heterocycles. The number of para-hydroxylation sites is 1. The first kappa shape index (κ1) is 21.6. The van der Waals surface area contributed by atoms with Crippen LogP contribution in [0.25, 0.3) is 10.8 Å². The monoisotopic (exact) mass is 466 g/mol. The van der Waals surface area contributed by atoms with Gasteiger partial charge in [0, 0.05) is 5.56 Å². The summed E-state index contributed by atoms with van der Waals surface area (Å²) in [6, 6.07) is 17.1. The Hall–Kier alpha value is -3.12. The van der Waals surface area contributed by atoms with Crippen LogP contribution in [-0.2, 0) is 11.2 Å². The lowest BCUT2D eigenvalue weighted by molar-refractivity contribution is -0.128. The smallest absolute Gasteiger partial charge is 0.281 e. The number of fused-ring (bicyclic) bond motifs is 1. The van der Waals surface area contributed by atoms with Gasteiger partial charge in [0.1, 0.15) is 11.5 Å². The summed E-state index contributed by atoms with van der Waals surface area (Å²) in [5.41, 5.74) is 3.76. The molecule has 0 saturated carbocycles. The van der Waals surface area contributed by atoms with Crippen LogP contribution in [0.2, 0.25) is 0 Å². The van der Waals surface area contributed by atoms with Gasteiger partial charge in [-0.05, 0) is 57.2 Å². The minimum absolute atomic E-state index is 0.124. The lowest BCUT2D eigenvalue weighted by Crippen LogP contribution is -2.35. The third kappa shape index (κ3) is 4.89. The number of carbonyl (C=O) groups is 1. The van der Waals surface area contributed by atoms with Gasteiger partial charge in [-0.1, -0.05) is 55.5 Å². The summed E-state index contributed by atoms with van der Waals surface area (Å²) < 4.78 is 6.75. The molecule has 0 saturated heterocycles. The number of hydrazone groups is 1. The number of phenols is 1. The number of hydrogen-bond donors (Lipinski definition) is 2. The minimum atomic E-state index is -0.708. The van der Waals surface area contributed by atoms with Gasteiger partial charge in [0.15, 0.2) is 6.10 Å². The molecule has 0 aliphatic rings. The molecular formula is C24H23BrN2O3. The van der Waals surface area contributed by atoms with E-state index in [2.05, 4.69) is 33.0 Å². The van der Waals surface area contributed by atoms with Crippen molar-refractivity contribution in [2.75, 3.05) is 0 Å². The third-order valence-corrected chi connectivity index (χ3v) is 5.47. The molecular weight excluding hydrogens is 444 g/mol. The molecule has 154 valence electrons. The zero-order chi connectivity index (χ0) is 21.5. The van der Waals surface area contributed by atoms with Crippen molar-refractivity contribution in [3.63, 3.8) is 0 Å². The normalized spacial score (nSPS) is 12.1. The second-order valence-electron chi connectivity index (χ2n) is 6.70. The molecule has 3 rings (SSSR count). The first-order valence-electron chi connectivity index (χ1n) is 9.63. The number of benzene rings is 3. The van der Waals surface area contributed by atoms with E-state index >= 15 is 0 Å². The summed E-state index contributed by atoms with van der Waals surface area (Å²) >= 11 is 3.58. The largest absolute Gasteiger partial charge is 0.507 e. The number of nitrogens with zero attached hydrogens (tertiary/aromatic N) is 1. The minimum Gasteiger partial charge on any atom is -0.507 e. The first-order valence-corrected chi connectivity index (χ1v) is 10.4. The maximum Gasteiger partial charge on any atom is 0.281 e. The van der Waals surface area contributed by atoms with E-state index in [0.29, 0.717) is 24.2 Å². The lowest BCUT2D eigenvalue weighted by Gasteiger charge is -2.17. The summed E-state index contributed by atoms with van der Waals surface area (Å²) in [4.78, 5) is 12.6. The molecule has 3 aromatic carbocycles. The molecule has 0 radical (unpaired) electrons. The summed E-state index contributed by atoms with van der Waals surface area (Å²) in [6.45, 7) is 5.55. The fraction of sp³-hybridized carbons (Fsp3) is 0.167. The van der Waals surface area contributed by atoms with Crippen molar-refractivity contribution in [1.82, 2.24) is 5.43 Å². The fourth-order valence-corrected chi connectivity index (χ4v) is 3.64. The SMILES string of the molecule is C=CCc1cccc(/C=N/NC(=O)[C@H](CC)Oc2ccc3ccccc3c2Br)c1O. The van der Waals surface area contributed by atoms with Crippen LogP contribution in [0.15, 0.2) is 76.8 Å². The van der Waals surface area contributed by atoms with E-state index in [9.17, 15) is 9.90 Å². The fourth-order valence-electron chi connectivity index (χ4n) is 3.05. The molecule has 0 aliphatic carbocycles. The molecule has 0 fully saturated rings. The number of aromatic hydroxyl groups is 1. The van der Waals surface area contributed by atoms with E-state index in [1.165, 1.54) is 6.21 Å². The summed E-state index contributed by atoms with van der Waals surface area (Å²) in [7, 11) is 0. The van der Waals surface area contributed by atoms with Crippen LogP contribution >= 0.6 is 15.9 Å². The number of phenolic OH excluding ortho intramolecular Hbond substituents is 1. The Bertz CT molecular complexity index is 1100. The van der Waals surface area contributed by atoms with Crippen LogP contribution in [0.5, 0.6) is 11.5 Å². The van der Waals surface area contributed by atoms with Gasteiger partial charge in [-0.2, -0.15) is 5.10 Å². The Morgan fingerprint density at radius 3 is 2.80 bits per heavy atom. The number of amides is 1. The zero-order valence-corrected chi connectivity index (χ0v) is 18.2. The van der Waals surface area contributed by atoms with E-state index in [1.54, 1.807) is 12.1 Å². The van der Waals surface area contributed by atoms with Crippen LogP contribution in [0.1, 0.15) is 24.5 Å². The molecule has 0 bridgehead atoms. The number of hydrogen-bond acceptors (Lipinski definition) is 4. The number of nitrogens with one attached hydrogen (secondary N) is 1. The summed E-state index contributed by atoms with van der Waals surface area (Å²) in [5.74, 6) is 0.351. The van der Waals surface area contributed by atoms with Crippen molar-refractivity contribution in [1.29, 1.82) is 0 Å². The highest BCUT2D eigenvalue weighted by atomic mass is 79.9. The van der Waals surface area contributed by atoms with Crippen LogP contribution < -0.4 is 10.2 Å². The lowest BCUT2D eigenvalue weighted by atomic mass is 10.1. The molecule has 1 amide bonds. The van der Waals surface area contributed by atoms with Gasteiger partial charge >= 0.3 is 0 Å². The molecule has 1 atom stereocenters. The van der Waals surface area contributed by atoms with Gasteiger partial charge in [-0.3, -0.25) is 4.79 Å². The van der Waals surface area contributed by atoms with Crippen LogP contribution in [-0.4, -0.2) is 23.3 Å². The van der Waals surface area contributed by atoms with Crippen LogP contribution in [0.3, 0.4) is 0 Å². The second-order valence-corrected chi connectivity index (χ2v) is 7.49. The molecule has 2 N–H and O–H groups in total. The van der Waals surface area contributed by atoms with Gasteiger partial charge in [0.25, 0.3) is 5.91 Å². The van der Waals surface area contributed by atoms with E-state index in [-0.39, 0.29) is 11.7 Å². The molecule has 0 heterocycles. The maximum absolute atomic E-state index is 12.6. The van der Waals surface area contributed by atoms with Crippen molar-refractivity contribution in [2.45, 2.75) is 25.9 Å². The van der Waals surface area contributed by atoms with Crippen molar-refractivity contribution in [3.8, 4) is 11.5 Å². The Balaban J connectivity index is 1.70. The predicted molar refractivity (Wildman–Crippen MR) is 124 cm³/mol. The first-order chi connectivity index (χ1) is 14.5. The molecule has 3 aromatic rings. The molecule has 0 aromatic heterocycles. The third-order valence-electron chi connectivity index (χ3n) is 4.65. The Kier molecular flexibility index (Phi) is 7.25. The van der Waals surface area contributed by atoms with Gasteiger partial charge in [0.2, 0.25) is 0 Å². The molecule has 0 unspecified atom stereocenters. The van der Waals surface area contributed by atoms with Gasteiger partial charge in [-0.25, -0.2) is 5.43 Å².